The van der Waals surface area contributed by atoms with Gasteiger partial charge in [0.15, 0.2) is 0 Å². The second-order valence-corrected chi connectivity index (χ2v) is 9.13. The average molecular weight is 330 g/mol. The van der Waals surface area contributed by atoms with Crippen LogP contribution in [0, 0.1) is 12.8 Å². The second kappa shape index (κ2) is 6.46. The standard InChI is InChI=1S/C14H22N2O3S2/c1-11-5-6-14(13(15)8-11)20(17)10-12-4-3-7-16(9-12)21(2,18)19/h5-6,8,12H,3-4,7,9-10,15H2,1-2H3. The van der Waals surface area contributed by atoms with Crippen LogP contribution in [0.2, 0.25) is 0 Å². The molecule has 0 aliphatic carbocycles. The highest BCUT2D eigenvalue weighted by Crippen LogP contribution is 2.24. The van der Waals surface area contributed by atoms with E-state index in [0.29, 0.717) is 29.4 Å². The third kappa shape index (κ3) is 4.28. The molecule has 118 valence electrons. The minimum atomic E-state index is -3.16. The predicted octanol–water partition coefficient (Wildman–Crippen LogP) is 1.36. The number of anilines is 1. The van der Waals surface area contributed by atoms with Gasteiger partial charge in [-0.15, -0.1) is 0 Å². The topological polar surface area (TPSA) is 80.5 Å². The van der Waals surface area contributed by atoms with Crippen molar-refractivity contribution < 1.29 is 12.6 Å². The van der Waals surface area contributed by atoms with Crippen LogP contribution in [0.4, 0.5) is 5.69 Å². The summed E-state index contributed by atoms with van der Waals surface area (Å²) in [5.74, 6) is 0.578. The quantitative estimate of drug-likeness (QED) is 0.845. The van der Waals surface area contributed by atoms with E-state index < -0.39 is 20.8 Å². The number of benzene rings is 1. The molecule has 0 bridgehead atoms. The smallest absolute Gasteiger partial charge is 0.211 e. The van der Waals surface area contributed by atoms with E-state index in [2.05, 4.69) is 0 Å². The zero-order valence-corrected chi connectivity index (χ0v) is 14.0. The number of nitrogen functional groups attached to an aromatic ring is 1. The molecule has 7 heteroatoms. The Hall–Kier alpha value is -0.920. The lowest BCUT2D eigenvalue weighted by Crippen LogP contribution is -2.40. The molecule has 2 N–H and O–H groups in total. The van der Waals surface area contributed by atoms with Crippen LogP contribution in [0.25, 0.3) is 0 Å². The molecule has 0 spiro atoms. The Bertz CT molecular complexity index is 644. The van der Waals surface area contributed by atoms with Crippen LogP contribution in [0.15, 0.2) is 23.1 Å². The van der Waals surface area contributed by atoms with Gasteiger partial charge in [-0.25, -0.2) is 12.7 Å². The lowest BCUT2D eigenvalue weighted by molar-refractivity contribution is 0.285. The molecular weight excluding hydrogens is 308 g/mol. The van der Waals surface area contributed by atoms with Crippen LogP contribution in [-0.2, 0) is 20.8 Å². The van der Waals surface area contributed by atoms with Crippen LogP contribution < -0.4 is 5.73 Å². The molecule has 21 heavy (non-hydrogen) atoms. The van der Waals surface area contributed by atoms with Crippen molar-refractivity contribution in [3.63, 3.8) is 0 Å². The normalized spacial score (nSPS) is 22.1. The predicted molar refractivity (Wildman–Crippen MR) is 86.0 cm³/mol. The molecule has 1 fully saturated rings. The van der Waals surface area contributed by atoms with Crippen molar-refractivity contribution >= 4 is 26.5 Å². The summed E-state index contributed by atoms with van der Waals surface area (Å²) in [5.41, 5.74) is 7.51. The molecule has 2 unspecified atom stereocenters. The molecule has 1 aliphatic heterocycles. The molecule has 2 atom stereocenters. The highest BCUT2D eigenvalue weighted by Gasteiger charge is 2.27. The number of nitrogens with zero attached hydrogens (tertiary/aromatic N) is 1. The summed E-state index contributed by atoms with van der Waals surface area (Å²) in [6.45, 7) is 2.96. The largest absolute Gasteiger partial charge is 0.398 e. The van der Waals surface area contributed by atoms with Gasteiger partial charge in [-0.05, 0) is 43.4 Å². The zero-order chi connectivity index (χ0) is 15.6. The maximum Gasteiger partial charge on any atom is 0.211 e. The van der Waals surface area contributed by atoms with E-state index in [-0.39, 0.29) is 5.92 Å². The van der Waals surface area contributed by atoms with E-state index in [0.717, 1.165) is 18.4 Å². The second-order valence-electron chi connectivity index (χ2n) is 5.68. The van der Waals surface area contributed by atoms with Crippen molar-refractivity contribution in [2.75, 3.05) is 30.8 Å². The third-order valence-corrected chi connectivity index (χ3v) is 6.65. The number of aryl methyl sites for hydroxylation is 1. The van der Waals surface area contributed by atoms with Gasteiger partial charge in [0.05, 0.1) is 22.0 Å². The fourth-order valence-corrected chi connectivity index (χ4v) is 5.01. The first-order chi connectivity index (χ1) is 9.77. The van der Waals surface area contributed by atoms with Gasteiger partial charge in [0.2, 0.25) is 10.0 Å². The van der Waals surface area contributed by atoms with Crippen LogP contribution in [0.1, 0.15) is 18.4 Å². The Morgan fingerprint density at radius 3 is 2.76 bits per heavy atom. The van der Waals surface area contributed by atoms with Crippen LogP contribution in [0.3, 0.4) is 0 Å². The van der Waals surface area contributed by atoms with E-state index >= 15 is 0 Å². The summed E-state index contributed by atoms with van der Waals surface area (Å²) in [4.78, 5) is 0.650. The van der Waals surface area contributed by atoms with Gasteiger partial charge in [-0.1, -0.05) is 6.07 Å². The minimum absolute atomic E-state index is 0.120. The fourth-order valence-electron chi connectivity index (χ4n) is 2.64. The van der Waals surface area contributed by atoms with E-state index in [1.165, 1.54) is 10.6 Å². The first kappa shape index (κ1) is 16.5. The monoisotopic (exact) mass is 330 g/mol. The molecule has 0 amide bonds. The average Bonchev–Trinajstić information content (AvgIpc) is 2.37. The third-order valence-electron chi connectivity index (χ3n) is 3.75. The van der Waals surface area contributed by atoms with Gasteiger partial charge in [0, 0.05) is 24.5 Å². The molecule has 0 saturated carbocycles. The first-order valence-electron chi connectivity index (χ1n) is 6.97. The van der Waals surface area contributed by atoms with E-state index in [9.17, 15) is 12.6 Å². The maximum absolute atomic E-state index is 12.5. The fraction of sp³-hybridized carbons (Fsp3) is 0.571. The van der Waals surface area contributed by atoms with E-state index in [1.54, 1.807) is 6.07 Å². The van der Waals surface area contributed by atoms with Crippen molar-refractivity contribution in [3.05, 3.63) is 23.8 Å². The summed E-state index contributed by atoms with van der Waals surface area (Å²) >= 11 is 0. The summed E-state index contributed by atoms with van der Waals surface area (Å²) in [5, 5.41) is 0. The Balaban J connectivity index is 2.05. The number of nitrogens with two attached hydrogens (primary N) is 1. The van der Waals surface area contributed by atoms with Crippen molar-refractivity contribution in [2.45, 2.75) is 24.7 Å². The number of rotatable bonds is 4. The molecule has 5 nitrogen and oxygen atoms in total. The van der Waals surface area contributed by atoms with Gasteiger partial charge in [0.1, 0.15) is 0 Å². The van der Waals surface area contributed by atoms with Crippen molar-refractivity contribution in [2.24, 2.45) is 5.92 Å². The van der Waals surface area contributed by atoms with Crippen molar-refractivity contribution in [1.82, 2.24) is 4.31 Å². The molecular formula is C14H22N2O3S2. The van der Waals surface area contributed by atoms with Crippen LogP contribution in [-0.4, -0.2) is 42.0 Å². The molecule has 1 saturated heterocycles. The molecule has 0 radical (unpaired) electrons. The summed E-state index contributed by atoms with van der Waals surface area (Å²) in [6.07, 6.45) is 2.95. The Morgan fingerprint density at radius 2 is 2.14 bits per heavy atom. The molecule has 2 rings (SSSR count). The summed E-state index contributed by atoms with van der Waals surface area (Å²) in [6, 6.07) is 5.52. The number of piperidine rings is 1. The van der Waals surface area contributed by atoms with Gasteiger partial charge in [-0.3, -0.25) is 4.21 Å². The van der Waals surface area contributed by atoms with Crippen LogP contribution >= 0.6 is 0 Å². The van der Waals surface area contributed by atoms with Crippen molar-refractivity contribution in [1.29, 1.82) is 0 Å². The van der Waals surface area contributed by atoms with E-state index in [4.69, 9.17) is 5.73 Å². The van der Waals surface area contributed by atoms with E-state index in [1.807, 2.05) is 19.1 Å². The van der Waals surface area contributed by atoms with Crippen LogP contribution in [0.5, 0.6) is 0 Å². The van der Waals surface area contributed by atoms with Gasteiger partial charge >= 0.3 is 0 Å². The first-order valence-corrected chi connectivity index (χ1v) is 10.1. The summed E-state index contributed by atoms with van der Waals surface area (Å²) in [7, 11) is -4.35. The highest BCUT2D eigenvalue weighted by molar-refractivity contribution is 7.88. The SMILES string of the molecule is Cc1ccc(S(=O)CC2CCCN(S(C)(=O)=O)C2)c(N)c1. The minimum Gasteiger partial charge on any atom is -0.398 e. The van der Waals surface area contributed by atoms with Gasteiger partial charge in [-0.2, -0.15) is 0 Å². The summed E-state index contributed by atoms with van der Waals surface area (Å²) < 4.78 is 37.2. The Labute approximate surface area is 129 Å². The Kier molecular flexibility index (Phi) is 5.06. The van der Waals surface area contributed by atoms with Crippen molar-refractivity contribution in [3.8, 4) is 0 Å². The molecule has 1 heterocycles. The van der Waals surface area contributed by atoms with Gasteiger partial charge < -0.3 is 5.73 Å². The number of hydrogen-bond donors (Lipinski definition) is 1. The Morgan fingerprint density at radius 1 is 1.43 bits per heavy atom. The highest BCUT2D eigenvalue weighted by atomic mass is 32.2. The number of hydrogen-bond acceptors (Lipinski definition) is 4. The zero-order valence-electron chi connectivity index (χ0n) is 12.4. The number of sulfonamides is 1. The van der Waals surface area contributed by atoms with Gasteiger partial charge in [0.25, 0.3) is 0 Å². The maximum atomic E-state index is 12.5. The lowest BCUT2D eigenvalue weighted by atomic mass is 10.0. The lowest BCUT2D eigenvalue weighted by Gasteiger charge is -2.30. The molecule has 1 aromatic rings. The molecule has 1 aliphatic rings. The molecule has 1 aromatic carbocycles. The molecule has 0 aromatic heterocycles.